The second-order valence-corrected chi connectivity index (χ2v) is 9.59. The normalized spacial score (nSPS) is 18.9. The van der Waals surface area contributed by atoms with E-state index >= 15 is 0 Å². The van der Waals surface area contributed by atoms with Crippen molar-refractivity contribution in [3.05, 3.63) is 115 Å². The van der Waals surface area contributed by atoms with Crippen LogP contribution in [0.4, 0.5) is 0 Å². The fourth-order valence-electron chi connectivity index (χ4n) is 5.54. The largest absolute Gasteiger partial charge is 0.458 e. The maximum absolute atomic E-state index is 6.42. The highest BCUT2D eigenvalue weighted by Gasteiger charge is 2.41. The molecule has 2 heterocycles. The molecule has 0 bridgehead atoms. The van der Waals surface area contributed by atoms with Gasteiger partial charge >= 0.3 is 0 Å². The molecule has 2 aliphatic heterocycles. The summed E-state index contributed by atoms with van der Waals surface area (Å²) < 4.78 is 12.8. The van der Waals surface area contributed by atoms with Crippen LogP contribution in [0.3, 0.4) is 0 Å². The Balaban J connectivity index is 1.44. The van der Waals surface area contributed by atoms with E-state index in [1.165, 1.54) is 27.6 Å². The summed E-state index contributed by atoms with van der Waals surface area (Å²) >= 11 is 0. The summed E-state index contributed by atoms with van der Waals surface area (Å²) in [5.41, 5.74) is 7.20. The van der Waals surface area contributed by atoms with Crippen molar-refractivity contribution in [1.29, 1.82) is 0 Å². The molecule has 4 aromatic rings. The molecule has 0 amide bonds. The molecule has 0 saturated heterocycles. The SMILES string of the molecule is CC1(c2ccc3c(c2)B2c4cc(-c5ccccc5)ccc4Oc4cccc(c42)O3)C=CC=CC1. The van der Waals surface area contributed by atoms with Crippen LogP contribution in [-0.2, 0) is 5.41 Å². The van der Waals surface area contributed by atoms with Crippen LogP contribution < -0.4 is 25.9 Å². The third-order valence-electron chi connectivity index (χ3n) is 7.42. The maximum atomic E-state index is 6.42. The molecule has 1 unspecified atom stereocenters. The van der Waals surface area contributed by atoms with E-state index < -0.39 is 0 Å². The quantitative estimate of drug-likeness (QED) is 0.316. The van der Waals surface area contributed by atoms with Gasteiger partial charge in [0.1, 0.15) is 23.0 Å². The number of ether oxygens (including phenoxy) is 2. The van der Waals surface area contributed by atoms with Crippen molar-refractivity contribution in [3.8, 4) is 34.1 Å². The van der Waals surface area contributed by atoms with Crippen LogP contribution in [0.1, 0.15) is 18.9 Å². The average Bonchev–Trinajstić information content (AvgIpc) is 2.89. The molecule has 0 N–H and O–H groups in total. The van der Waals surface area contributed by atoms with Gasteiger partial charge in [0.25, 0.3) is 6.71 Å². The number of hydrogen-bond donors (Lipinski definition) is 0. The molecule has 0 aromatic heterocycles. The van der Waals surface area contributed by atoms with Crippen LogP contribution in [0.5, 0.6) is 23.0 Å². The minimum Gasteiger partial charge on any atom is -0.458 e. The van der Waals surface area contributed by atoms with Crippen molar-refractivity contribution in [3.63, 3.8) is 0 Å². The third kappa shape index (κ3) is 2.90. The maximum Gasteiger partial charge on any atom is 0.260 e. The van der Waals surface area contributed by atoms with Gasteiger partial charge in [0.2, 0.25) is 0 Å². The van der Waals surface area contributed by atoms with E-state index in [2.05, 4.69) is 98.0 Å². The van der Waals surface area contributed by atoms with Crippen molar-refractivity contribution in [2.45, 2.75) is 18.8 Å². The van der Waals surface area contributed by atoms with Gasteiger partial charge in [0, 0.05) is 10.9 Å². The number of fused-ring (bicyclic) bond motifs is 4. The first-order valence-electron chi connectivity index (χ1n) is 11.9. The second kappa shape index (κ2) is 7.26. The predicted molar refractivity (Wildman–Crippen MR) is 140 cm³/mol. The van der Waals surface area contributed by atoms with Crippen molar-refractivity contribution in [2.75, 3.05) is 0 Å². The lowest BCUT2D eigenvalue weighted by molar-refractivity contribution is 0.464. The highest BCUT2D eigenvalue weighted by molar-refractivity contribution is 6.98. The summed E-state index contributed by atoms with van der Waals surface area (Å²) in [7, 11) is 0. The van der Waals surface area contributed by atoms with Crippen LogP contribution >= 0.6 is 0 Å². The van der Waals surface area contributed by atoms with Gasteiger partial charge in [0.05, 0.1) is 0 Å². The molecule has 2 nitrogen and oxygen atoms in total. The van der Waals surface area contributed by atoms with Crippen molar-refractivity contribution < 1.29 is 9.47 Å². The molecule has 1 aliphatic carbocycles. The highest BCUT2D eigenvalue weighted by atomic mass is 16.5. The Morgan fingerprint density at radius 2 is 1.41 bits per heavy atom. The zero-order chi connectivity index (χ0) is 22.7. The molecule has 0 radical (unpaired) electrons. The summed E-state index contributed by atoms with van der Waals surface area (Å²) in [5, 5.41) is 0. The lowest BCUT2D eigenvalue weighted by Crippen LogP contribution is -2.57. The van der Waals surface area contributed by atoms with Gasteiger partial charge in [-0.15, -0.1) is 0 Å². The summed E-state index contributed by atoms with van der Waals surface area (Å²) in [5.74, 6) is 3.60. The van der Waals surface area contributed by atoms with Gasteiger partial charge in [-0.05, 0) is 58.3 Å². The number of benzene rings is 4. The first kappa shape index (κ1) is 19.5. The monoisotopic (exact) mass is 438 g/mol. The minimum absolute atomic E-state index is 0.0243. The molecular formula is C31H23BO2. The van der Waals surface area contributed by atoms with E-state index in [9.17, 15) is 0 Å². The Morgan fingerprint density at radius 3 is 2.15 bits per heavy atom. The molecular weight excluding hydrogens is 415 g/mol. The minimum atomic E-state index is -0.0243. The number of rotatable bonds is 2. The standard InChI is InChI=1S/C31H23BO2/c1-31(17-6-3-7-18-31)23-14-16-27-25(20-23)32-24-19-22(21-9-4-2-5-10-21)13-15-26(24)33-28-11-8-12-29(34-27)30(28)32/h2-17,19-20H,18H2,1H3. The summed E-state index contributed by atoms with van der Waals surface area (Å²) in [6, 6.07) is 29.9. The summed E-state index contributed by atoms with van der Waals surface area (Å²) in [6.45, 7) is 2.37. The van der Waals surface area contributed by atoms with Gasteiger partial charge < -0.3 is 9.47 Å². The third-order valence-corrected chi connectivity index (χ3v) is 7.42. The Kier molecular flexibility index (Phi) is 4.16. The van der Waals surface area contributed by atoms with Crippen LogP contribution in [-0.4, -0.2) is 6.71 Å². The smallest absolute Gasteiger partial charge is 0.260 e. The van der Waals surface area contributed by atoms with Crippen molar-refractivity contribution >= 4 is 23.1 Å². The summed E-state index contributed by atoms with van der Waals surface area (Å²) in [6.07, 6.45) is 9.84. The van der Waals surface area contributed by atoms with Gasteiger partial charge in [-0.25, -0.2) is 0 Å². The molecule has 34 heavy (non-hydrogen) atoms. The van der Waals surface area contributed by atoms with E-state index in [0.717, 1.165) is 34.9 Å². The van der Waals surface area contributed by atoms with Crippen molar-refractivity contribution in [2.24, 2.45) is 0 Å². The molecule has 1 atom stereocenters. The molecule has 3 heteroatoms. The molecule has 162 valence electrons. The van der Waals surface area contributed by atoms with E-state index in [0.29, 0.717) is 0 Å². The first-order chi connectivity index (χ1) is 16.7. The van der Waals surface area contributed by atoms with E-state index in [1.54, 1.807) is 0 Å². The average molecular weight is 438 g/mol. The Labute approximate surface area is 200 Å². The molecule has 4 aromatic carbocycles. The molecule has 0 fully saturated rings. The van der Waals surface area contributed by atoms with Crippen molar-refractivity contribution in [1.82, 2.24) is 0 Å². The van der Waals surface area contributed by atoms with E-state index in [4.69, 9.17) is 9.47 Å². The van der Waals surface area contributed by atoms with Gasteiger partial charge in [-0.1, -0.05) is 91.9 Å². The zero-order valence-corrected chi connectivity index (χ0v) is 19.0. The highest BCUT2D eigenvalue weighted by Crippen LogP contribution is 2.38. The first-order valence-corrected chi connectivity index (χ1v) is 11.9. The number of allylic oxidation sites excluding steroid dienone is 4. The van der Waals surface area contributed by atoms with Gasteiger partial charge in [0.15, 0.2) is 0 Å². The van der Waals surface area contributed by atoms with Gasteiger partial charge in [-0.3, -0.25) is 0 Å². The van der Waals surface area contributed by atoms with E-state index in [1.807, 2.05) is 18.2 Å². The molecule has 0 saturated carbocycles. The van der Waals surface area contributed by atoms with Crippen LogP contribution in [0.25, 0.3) is 11.1 Å². The molecule has 7 rings (SSSR count). The fraction of sp³-hybridized carbons (Fsp3) is 0.0968. The Hall–Kier alpha value is -3.98. The zero-order valence-electron chi connectivity index (χ0n) is 19.0. The Morgan fingerprint density at radius 1 is 0.676 bits per heavy atom. The lowest BCUT2D eigenvalue weighted by Gasteiger charge is -2.35. The topological polar surface area (TPSA) is 18.5 Å². The van der Waals surface area contributed by atoms with Crippen LogP contribution in [0.15, 0.2) is 109 Å². The number of hydrogen-bond acceptors (Lipinski definition) is 2. The van der Waals surface area contributed by atoms with Gasteiger partial charge in [-0.2, -0.15) is 0 Å². The van der Waals surface area contributed by atoms with E-state index in [-0.39, 0.29) is 12.1 Å². The van der Waals surface area contributed by atoms with Crippen LogP contribution in [0, 0.1) is 0 Å². The summed E-state index contributed by atoms with van der Waals surface area (Å²) in [4.78, 5) is 0. The molecule has 0 spiro atoms. The Bertz CT molecular complexity index is 1490. The predicted octanol–water partition coefficient (Wildman–Crippen LogP) is 5.86. The lowest BCUT2D eigenvalue weighted by atomic mass is 9.34. The fourth-order valence-corrected chi connectivity index (χ4v) is 5.54. The second-order valence-electron chi connectivity index (χ2n) is 9.59. The van der Waals surface area contributed by atoms with Crippen LogP contribution in [0.2, 0.25) is 0 Å². The molecule has 3 aliphatic rings.